The van der Waals surface area contributed by atoms with Crippen LogP contribution in [0.4, 0.5) is 13.8 Å². The van der Waals surface area contributed by atoms with Crippen molar-refractivity contribution >= 4 is 39.8 Å². The molecule has 25 heavy (non-hydrogen) atoms. The maximum atomic E-state index is 13.4. The number of carbonyl (C=O) groups excluding carboxylic acids is 2. The van der Waals surface area contributed by atoms with Gasteiger partial charge in [0.1, 0.15) is 5.00 Å². The Morgan fingerprint density at radius 2 is 1.88 bits per heavy atom. The molecular formula is C17H14ClF2NO3S. The van der Waals surface area contributed by atoms with E-state index in [1.54, 1.807) is 0 Å². The Hall–Kier alpha value is -1.99. The Kier molecular flexibility index (Phi) is 5.06. The second kappa shape index (κ2) is 7.09. The molecule has 132 valence electrons. The van der Waals surface area contributed by atoms with Crippen molar-refractivity contribution in [1.29, 1.82) is 0 Å². The van der Waals surface area contributed by atoms with Gasteiger partial charge in [-0.05, 0) is 43.4 Å². The lowest BCUT2D eigenvalue weighted by atomic mass is 9.95. The molecule has 0 saturated carbocycles. The first-order valence-electron chi connectivity index (χ1n) is 7.61. The first kappa shape index (κ1) is 17.8. The molecule has 3 rings (SSSR count). The van der Waals surface area contributed by atoms with Crippen molar-refractivity contribution in [2.24, 2.45) is 0 Å². The van der Waals surface area contributed by atoms with Crippen LogP contribution in [0.3, 0.4) is 0 Å². The van der Waals surface area contributed by atoms with E-state index in [9.17, 15) is 18.4 Å². The lowest BCUT2D eigenvalue weighted by molar-refractivity contribution is 0.0601. The number of hydrogen-bond acceptors (Lipinski definition) is 4. The summed E-state index contributed by atoms with van der Waals surface area (Å²) >= 11 is 7.14. The van der Waals surface area contributed by atoms with Gasteiger partial charge in [0.25, 0.3) is 5.91 Å². The number of ether oxygens (including phenoxy) is 1. The van der Waals surface area contributed by atoms with Gasteiger partial charge in [-0.25, -0.2) is 13.6 Å². The molecule has 1 aliphatic carbocycles. The topological polar surface area (TPSA) is 55.4 Å². The van der Waals surface area contributed by atoms with Gasteiger partial charge < -0.3 is 10.1 Å². The van der Waals surface area contributed by atoms with Gasteiger partial charge in [-0.3, -0.25) is 4.79 Å². The van der Waals surface area contributed by atoms with Crippen molar-refractivity contribution in [2.45, 2.75) is 25.7 Å². The number of fused-ring (bicyclic) bond motifs is 1. The highest BCUT2D eigenvalue weighted by Crippen LogP contribution is 2.39. The van der Waals surface area contributed by atoms with Crippen molar-refractivity contribution in [3.05, 3.63) is 50.4 Å². The van der Waals surface area contributed by atoms with Crippen LogP contribution in [0, 0.1) is 11.6 Å². The maximum absolute atomic E-state index is 13.4. The molecule has 0 bridgehead atoms. The van der Waals surface area contributed by atoms with Crippen LogP contribution >= 0.6 is 22.9 Å². The van der Waals surface area contributed by atoms with Crippen molar-refractivity contribution in [3.63, 3.8) is 0 Å². The predicted octanol–water partition coefficient (Wildman–Crippen LogP) is 4.60. The Morgan fingerprint density at radius 1 is 1.20 bits per heavy atom. The van der Waals surface area contributed by atoms with E-state index < -0.39 is 23.5 Å². The predicted molar refractivity (Wildman–Crippen MR) is 91.6 cm³/mol. The van der Waals surface area contributed by atoms with Crippen molar-refractivity contribution in [2.75, 3.05) is 12.4 Å². The SMILES string of the molecule is COC(=O)c1c(NC(=O)c2cc(F)c(F)cc2Cl)sc2c1CCCC2. The number of nitrogens with one attached hydrogen (secondary N) is 1. The van der Waals surface area contributed by atoms with Crippen molar-refractivity contribution in [3.8, 4) is 0 Å². The number of hydrogen-bond donors (Lipinski definition) is 1. The molecule has 0 saturated heterocycles. The molecule has 1 aromatic heterocycles. The molecule has 0 unspecified atom stereocenters. The van der Waals surface area contributed by atoms with Gasteiger partial charge in [-0.2, -0.15) is 0 Å². The third-order valence-electron chi connectivity index (χ3n) is 4.04. The minimum absolute atomic E-state index is 0.206. The van der Waals surface area contributed by atoms with E-state index >= 15 is 0 Å². The van der Waals surface area contributed by atoms with Crippen LogP contribution in [0.2, 0.25) is 5.02 Å². The molecule has 4 nitrogen and oxygen atoms in total. The number of halogens is 3. The summed E-state index contributed by atoms with van der Waals surface area (Å²) in [4.78, 5) is 25.6. The third-order valence-corrected chi connectivity index (χ3v) is 5.56. The molecule has 1 aliphatic rings. The number of amides is 1. The minimum atomic E-state index is -1.17. The highest BCUT2D eigenvalue weighted by molar-refractivity contribution is 7.17. The van der Waals surface area contributed by atoms with E-state index in [0.29, 0.717) is 10.6 Å². The van der Waals surface area contributed by atoms with Crippen LogP contribution in [0.1, 0.15) is 44.0 Å². The van der Waals surface area contributed by atoms with Gasteiger partial charge in [0, 0.05) is 4.88 Å². The Morgan fingerprint density at radius 3 is 2.60 bits per heavy atom. The Bertz CT molecular complexity index is 866. The van der Waals surface area contributed by atoms with Crippen molar-refractivity contribution in [1.82, 2.24) is 0 Å². The lowest BCUT2D eigenvalue weighted by Crippen LogP contribution is -2.16. The molecule has 0 fully saturated rings. The van der Waals surface area contributed by atoms with Crippen LogP contribution in [0.25, 0.3) is 0 Å². The molecule has 1 heterocycles. The van der Waals surface area contributed by atoms with E-state index in [4.69, 9.17) is 16.3 Å². The highest BCUT2D eigenvalue weighted by atomic mass is 35.5. The summed E-state index contributed by atoms with van der Waals surface area (Å²) in [6.45, 7) is 0. The smallest absolute Gasteiger partial charge is 0.341 e. The monoisotopic (exact) mass is 385 g/mol. The summed E-state index contributed by atoms with van der Waals surface area (Å²) in [5.74, 6) is -3.56. The van der Waals surface area contributed by atoms with E-state index in [-0.39, 0.29) is 10.6 Å². The number of esters is 1. The number of thiophene rings is 1. The fraction of sp³-hybridized carbons (Fsp3) is 0.294. The van der Waals surface area contributed by atoms with Crippen LogP contribution in [-0.4, -0.2) is 19.0 Å². The van der Waals surface area contributed by atoms with Crippen LogP contribution < -0.4 is 5.32 Å². The average Bonchev–Trinajstić information content (AvgIpc) is 2.95. The van der Waals surface area contributed by atoms with Gasteiger partial charge in [-0.1, -0.05) is 11.6 Å². The molecule has 1 N–H and O–H groups in total. The van der Waals surface area contributed by atoms with Crippen LogP contribution in [0.5, 0.6) is 0 Å². The Balaban J connectivity index is 1.98. The fourth-order valence-corrected chi connectivity index (χ4v) is 4.35. The maximum Gasteiger partial charge on any atom is 0.341 e. The number of carbonyl (C=O) groups is 2. The second-order valence-electron chi connectivity index (χ2n) is 5.61. The molecule has 0 radical (unpaired) electrons. The highest BCUT2D eigenvalue weighted by Gasteiger charge is 2.27. The summed E-state index contributed by atoms with van der Waals surface area (Å²) in [7, 11) is 1.27. The Labute approximate surface area is 151 Å². The van der Waals surface area contributed by atoms with Crippen molar-refractivity contribution < 1.29 is 23.1 Å². The number of anilines is 1. The first-order valence-corrected chi connectivity index (χ1v) is 8.80. The third kappa shape index (κ3) is 3.39. The summed E-state index contributed by atoms with van der Waals surface area (Å²) in [6.07, 6.45) is 3.52. The van der Waals surface area contributed by atoms with E-state index in [1.165, 1.54) is 18.4 Å². The standard InChI is InChI=1S/C17H14ClF2NO3S/c1-24-17(23)14-8-4-2-3-5-13(8)25-16(14)21-15(22)9-6-11(19)12(20)7-10(9)18/h6-7H,2-5H2,1H3,(H,21,22). The summed E-state index contributed by atoms with van der Waals surface area (Å²) in [6, 6.07) is 1.48. The fourth-order valence-electron chi connectivity index (χ4n) is 2.84. The van der Waals surface area contributed by atoms with Gasteiger partial charge in [0.15, 0.2) is 11.6 Å². The van der Waals surface area contributed by atoms with Crippen LogP contribution in [-0.2, 0) is 17.6 Å². The average molecular weight is 386 g/mol. The number of benzene rings is 1. The van der Waals surface area contributed by atoms with Gasteiger partial charge in [0.05, 0.1) is 23.3 Å². The van der Waals surface area contributed by atoms with Gasteiger partial charge in [-0.15, -0.1) is 11.3 Å². The second-order valence-corrected chi connectivity index (χ2v) is 7.12. The van der Waals surface area contributed by atoms with E-state index in [1.807, 2.05) is 0 Å². The molecule has 0 atom stereocenters. The van der Waals surface area contributed by atoms with Gasteiger partial charge in [0.2, 0.25) is 0 Å². The zero-order chi connectivity index (χ0) is 18.1. The number of methoxy groups -OCH3 is 1. The summed E-state index contributed by atoms with van der Waals surface area (Å²) < 4.78 is 31.4. The molecule has 1 amide bonds. The van der Waals surface area contributed by atoms with Crippen LogP contribution in [0.15, 0.2) is 12.1 Å². The molecule has 0 aliphatic heterocycles. The quantitative estimate of drug-likeness (QED) is 0.620. The zero-order valence-corrected chi connectivity index (χ0v) is 14.8. The van der Waals surface area contributed by atoms with Gasteiger partial charge >= 0.3 is 5.97 Å². The molecule has 1 aromatic carbocycles. The van der Waals surface area contributed by atoms with E-state index in [0.717, 1.165) is 48.3 Å². The van der Waals surface area contributed by atoms with E-state index in [2.05, 4.69) is 5.32 Å². The summed E-state index contributed by atoms with van der Waals surface area (Å²) in [5, 5.41) is 2.72. The normalized spacial score (nSPS) is 13.3. The minimum Gasteiger partial charge on any atom is -0.465 e. The number of rotatable bonds is 3. The summed E-state index contributed by atoms with van der Waals surface area (Å²) in [5.41, 5.74) is 1.01. The molecule has 0 spiro atoms. The molecular weight excluding hydrogens is 372 g/mol. The first-order chi connectivity index (χ1) is 11.9. The molecule has 2 aromatic rings. The largest absolute Gasteiger partial charge is 0.465 e. The number of aryl methyl sites for hydroxylation is 1. The molecule has 8 heteroatoms. The zero-order valence-electron chi connectivity index (χ0n) is 13.3. The lowest BCUT2D eigenvalue weighted by Gasteiger charge is -2.12.